The molecule has 25 heavy (non-hydrogen) atoms. The summed E-state index contributed by atoms with van der Waals surface area (Å²) in [5, 5.41) is 2.81. The van der Waals surface area contributed by atoms with Crippen LogP contribution >= 0.6 is 12.4 Å². The first-order chi connectivity index (χ1) is 11.6. The third-order valence-corrected chi connectivity index (χ3v) is 3.61. The highest BCUT2D eigenvalue weighted by Gasteiger charge is 2.18. The average Bonchev–Trinajstić information content (AvgIpc) is 2.61. The zero-order chi connectivity index (χ0) is 17.5. The van der Waals surface area contributed by atoms with Gasteiger partial charge in [-0.1, -0.05) is 30.3 Å². The Kier molecular flexibility index (Phi) is 8.04. The number of ether oxygens (including phenoxy) is 3. The van der Waals surface area contributed by atoms with Crippen LogP contribution in [0.1, 0.15) is 18.0 Å². The minimum atomic E-state index is -0.377. The Labute approximate surface area is 153 Å². The molecule has 0 heterocycles. The second kappa shape index (κ2) is 9.76. The summed E-state index contributed by atoms with van der Waals surface area (Å²) in [7, 11) is 4.55. The van der Waals surface area contributed by atoms with Gasteiger partial charge in [0.25, 0.3) is 0 Å². The van der Waals surface area contributed by atoms with Gasteiger partial charge in [-0.15, -0.1) is 12.4 Å². The number of carbonyl (C=O) groups is 1. The molecule has 0 radical (unpaired) electrons. The summed E-state index contributed by atoms with van der Waals surface area (Å²) in [5.74, 6) is 1.13. The van der Waals surface area contributed by atoms with Crippen LogP contribution in [-0.4, -0.2) is 27.2 Å². The molecule has 0 aliphatic rings. The summed E-state index contributed by atoms with van der Waals surface area (Å²) >= 11 is 0. The Morgan fingerprint density at radius 2 is 1.64 bits per heavy atom. The third kappa shape index (κ3) is 5.01. The van der Waals surface area contributed by atoms with Crippen LogP contribution < -0.4 is 25.3 Å². The molecule has 2 aromatic rings. The van der Waals surface area contributed by atoms with Crippen molar-refractivity contribution in [2.24, 2.45) is 5.73 Å². The SMILES string of the molecule is COc1ccc(NC(=O)CC(N)c2ccccc2)c(OC)c1OC.Cl. The molecule has 136 valence electrons. The fraction of sp³-hybridized carbons (Fsp3) is 0.278. The van der Waals surface area contributed by atoms with E-state index in [4.69, 9.17) is 19.9 Å². The first-order valence-electron chi connectivity index (χ1n) is 7.50. The Hall–Kier alpha value is -2.44. The normalized spacial score (nSPS) is 11.0. The maximum Gasteiger partial charge on any atom is 0.226 e. The van der Waals surface area contributed by atoms with Gasteiger partial charge in [-0.25, -0.2) is 0 Å². The first-order valence-corrected chi connectivity index (χ1v) is 7.50. The molecular formula is C18H23ClN2O4. The lowest BCUT2D eigenvalue weighted by Crippen LogP contribution is -2.21. The molecule has 1 unspecified atom stereocenters. The predicted octanol–water partition coefficient (Wildman–Crippen LogP) is 3.16. The standard InChI is InChI=1S/C18H22N2O4.ClH/c1-22-15-10-9-14(17(23-2)18(15)24-3)20-16(21)11-13(19)12-7-5-4-6-8-12;/h4-10,13H,11,19H2,1-3H3,(H,20,21);1H. The average molecular weight is 367 g/mol. The van der Waals surface area contributed by atoms with E-state index in [9.17, 15) is 4.79 Å². The molecule has 1 atom stereocenters. The van der Waals surface area contributed by atoms with E-state index in [0.717, 1.165) is 5.56 Å². The highest BCUT2D eigenvalue weighted by atomic mass is 35.5. The molecular weight excluding hydrogens is 344 g/mol. The van der Waals surface area contributed by atoms with Crippen molar-refractivity contribution in [3.8, 4) is 17.2 Å². The van der Waals surface area contributed by atoms with Gasteiger partial charge < -0.3 is 25.3 Å². The summed E-state index contributed by atoms with van der Waals surface area (Å²) in [5.41, 5.74) is 7.49. The fourth-order valence-electron chi connectivity index (χ4n) is 2.42. The zero-order valence-electron chi connectivity index (χ0n) is 14.4. The summed E-state index contributed by atoms with van der Waals surface area (Å²) in [6.45, 7) is 0. The molecule has 2 aromatic carbocycles. The number of nitrogens with two attached hydrogens (primary N) is 1. The third-order valence-electron chi connectivity index (χ3n) is 3.61. The van der Waals surface area contributed by atoms with Crippen LogP contribution in [0.25, 0.3) is 0 Å². The minimum absolute atomic E-state index is 0. The molecule has 0 fully saturated rings. The van der Waals surface area contributed by atoms with Crippen molar-refractivity contribution in [2.75, 3.05) is 26.6 Å². The van der Waals surface area contributed by atoms with Crippen LogP contribution in [0.3, 0.4) is 0 Å². The Morgan fingerprint density at radius 3 is 2.20 bits per heavy atom. The van der Waals surface area contributed by atoms with Crippen molar-refractivity contribution in [3.05, 3.63) is 48.0 Å². The Balaban J connectivity index is 0.00000312. The molecule has 0 spiro atoms. The number of benzene rings is 2. The number of rotatable bonds is 7. The van der Waals surface area contributed by atoms with Gasteiger partial charge in [-0.3, -0.25) is 4.79 Å². The topological polar surface area (TPSA) is 82.8 Å². The highest BCUT2D eigenvalue weighted by molar-refractivity contribution is 5.93. The van der Waals surface area contributed by atoms with Crippen LogP contribution in [0.4, 0.5) is 5.69 Å². The number of amides is 1. The van der Waals surface area contributed by atoms with Crippen molar-refractivity contribution >= 4 is 24.0 Å². The highest BCUT2D eigenvalue weighted by Crippen LogP contribution is 2.42. The molecule has 2 rings (SSSR count). The summed E-state index contributed by atoms with van der Waals surface area (Å²) < 4.78 is 15.9. The van der Waals surface area contributed by atoms with Crippen LogP contribution in [0.5, 0.6) is 17.2 Å². The quantitative estimate of drug-likeness (QED) is 0.786. The number of carbonyl (C=O) groups excluding carboxylic acids is 1. The van der Waals surface area contributed by atoms with Gasteiger partial charge in [-0.05, 0) is 17.7 Å². The van der Waals surface area contributed by atoms with Gasteiger partial charge in [0, 0.05) is 12.5 Å². The molecule has 0 saturated heterocycles. The molecule has 0 bridgehead atoms. The summed E-state index contributed by atoms with van der Waals surface area (Å²) in [4.78, 5) is 12.3. The second-order valence-corrected chi connectivity index (χ2v) is 5.15. The van der Waals surface area contributed by atoms with E-state index in [1.54, 1.807) is 12.1 Å². The minimum Gasteiger partial charge on any atom is -0.493 e. The molecule has 0 aromatic heterocycles. The second-order valence-electron chi connectivity index (χ2n) is 5.15. The van der Waals surface area contributed by atoms with E-state index < -0.39 is 0 Å². The van der Waals surface area contributed by atoms with Crippen LogP contribution in [0.2, 0.25) is 0 Å². The van der Waals surface area contributed by atoms with Crippen LogP contribution in [-0.2, 0) is 4.79 Å². The lowest BCUT2D eigenvalue weighted by Gasteiger charge is -2.17. The molecule has 1 amide bonds. The molecule has 6 nitrogen and oxygen atoms in total. The van der Waals surface area contributed by atoms with Crippen molar-refractivity contribution in [1.82, 2.24) is 0 Å². The van der Waals surface area contributed by atoms with E-state index in [-0.39, 0.29) is 30.8 Å². The number of hydrogen-bond acceptors (Lipinski definition) is 5. The predicted molar refractivity (Wildman–Crippen MR) is 100.0 cm³/mol. The number of anilines is 1. The first kappa shape index (κ1) is 20.6. The number of hydrogen-bond donors (Lipinski definition) is 2. The molecule has 3 N–H and O–H groups in total. The van der Waals surface area contributed by atoms with Gasteiger partial charge in [0.05, 0.1) is 27.0 Å². The maximum atomic E-state index is 12.3. The van der Waals surface area contributed by atoms with E-state index in [0.29, 0.717) is 22.9 Å². The Bertz CT molecular complexity index is 695. The number of halogens is 1. The Morgan fingerprint density at radius 1 is 1.00 bits per heavy atom. The van der Waals surface area contributed by atoms with Crippen molar-refractivity contribution in [3.63, 3.8) is 0 Å². The summed E-state index contributed by atoms with van der Waals surface area (Å²) in [6.07, 6.45) is 0.154. The van der Waals surface area contributed by atoms with Crippen LogP contribution in [0.15, 0.2) is 42.5 Å². The molecule has 7 heteroatoms. The van der Waals surface area contributed by atoms with Gasteiger partial charge in [0.2, 0.25) is 11.7 Å². The van der Waals surface area contributed by atoms with Gasteiger partial charge in [0.1, 0.15) is 0 Å². The van der Waals surface area contributed by atoms with Gasteiger partial charge >= 0.3 is 0 Å². The van der Waals surface area contributed by atoms with E-state index in [1.165, 1.54) is 21.3 Å². The largest absolute Gasteiger partial charge is 0.493 e. The van der Waals surface area contributed by atoms with E-state index >= 15 is 0 Å². The van der Waals surface area contributed by atoms with Crippen molar-refractivity contribution < 1.29 is 19.0 Å². The van der Waals surface area contributed by atoms with E-state index in [1.807, 2.05) is 30.3 Å². The summed E-state index contributed by atoms with van der Waals surface area (Å²) in [6, 6.07) is 12.5. The monoisotopic (exact) mass is 366 g/mol. The molecule has 0 aliphatic carbocycles. The van der Waals surface area contributed by atoms with E-state index in [2.05, 4.69) is 5.32 Å². The van der Waals surface area contributed by atoms with Gasteiger partial charge in [-0.2, -0.15) is 0 Å². The van der Waals surface area contributed by atoms with Crippen molar-refractivity contribution in [2.45, 2.75) is 12.5 Å². The van der Waals surface area contributed by atoms with Gasteiger partial charge in [0.15, 0.2) is 11.5 Å². The molecule has 0 aliphatic heterocycles. The maximum absolute atomic E-state index is 12.3. The lowest BCUT2D eigenvalue weighted by molar-refractivity contribution is -0.116. The molecule has 0 saturated carbocycles. The zero-order valence-corrected chi connectivity index (χ0v) is 15.3. The van der Waals surface area contributed by atoms with Crippen LogP contribution in [0, 0.1) is 0 Å². The number of nitrogens with one attached hydrogen (secondary N) is 1. The smallest absolute Gasteiger partial charge is 0.226 e. The van der Waals surface area contributed by atoms with Crippen molar-refractivity contribution in [1.29, 1.82) is 0 Å². The lowest BCUT2D eigenvalue weighted by atomic mass is 10.0. The number of methoxy groups -OCH3 is 3. The fourth-order valence-corrected chi connectivity index (χ4v) is 2.42.